The molecule has 0 spiro atoms. The van der Waals surface area contributed by atoms with E-state index in [0.29, 0.717) is 12.2 Å². The first-order valence-electron chi connectivity index (χ1n) is 7.43. The Hall–Kier alpha value is -1.55. The molecule has 0 saturated carbocycles. The molecule has 1 amide bonds. The van der Waals surface area contributed by atoms with E-state index >= 15 is 0 Å². The van der Waals surface area contributed by atoms with E-state index in [1.54, 1.807) is 0 Å². The largest absolute Gasteiger partial charge is 0.478 e. The lowest BCUT2D eigenvalue weighted by molar-refractivity contribution is -0.126. The number of carbonyl (C=O) groups excluding carboxylic acids is 1. The van der Waals surface area contributed by atoms with Crippen molar-refractivity contribution < 1.29 is 14.6 Å². The van der Waals surface area contributed by atoms with Crippen molar-refractivity contribution in [2.45, 2.75) is 52.2 Å². The number of fused-ring (bicyclic) bond motifs is 1. The predicted octanol–water partition coefficient (Wildman–Crippen LogP) is 2.87. The molecule has 1 atom stereocenters. The molecular weight excluding hydrogens is 254 g/mol. The van der Waals surface area contributed by atoms with Crippen molar-refractivity contribution >= 4 is 11.6 Å². The molecule has 0 saturated heterocycles. The lowest BCUT2D eigenvalue weighted by Crippen LogP contribution is -2.46. The predicted molar refractivity (Wildman–Crippen MR) is 78.9 cm³/mol. The number of nitrogens with zero attached hydrogens (tertiary/aromatic N) is 1. The van der Waals surface area contributed by atoms with Gasteiger partial charge in [-0.3, -0.25) is 4.79 Å². The average molecular weight is 277 g/mol. The summed E-state index contributed by atoms with van der Waals surface area (Å²) in [6.07, 6.45) is 3.50. The summed E-state index contributed by atoms with van der Waals surface area (Å²) in [5.41, 5.74) is 1.63. The molecule has 1 aromatic carbocycles. The minimum atomic E-state index is -0.405. The molecule has 2 rings (SSSR count). The van der Waals surface area contributed by atoms with Crippen LogP contribution in [0, 0.1) is 0 Å². The summed E-state index contributed by atoms with van der Waals surface area (Å²) in [6.45, 7) is 4.82. The van der Waals surface area contributed by atoms with Crippen LogP contribution in [0.25, 0.3) is 0 Å². The Morgan fingerprint density at radius 1 is 1.30 bits per heavy atom. The fourth-order valence-electron chi connectivity index (χ4n) is 2.48. The number of unbranched alkanes of at least 4 members (excludes halogenated alkanes) is 2. The van der Waals surface area contributed by atoms with Gasteiger partial charge in [-0.05, 0) is 30.5 Å². The van der Waals surface area contributed by atoms with Gasteiger partial charge >= 0.3 is 0 Å². The third-order valence-electron chi connectivity index (χ3n) is 3.66. The second-order valence-electron chi connectivity index (χ2n) is 5.17. The van der Waals surface area contributed by atoms with Crippen molar-refractivity contribution in [3.05, 3.63) is 23.8 Å². The molecule has 1 aliphatic heterocycles. The summed E-state index contributed by atoms with van der Waals surface area (Å²) >= 11 is 0. The maximum Gasteiger partial charge on any atom is 0.268 e. The Labute approximate surface area is 120 Å². The number of rotatable bonds is 6. The number of aliphatic hydroxyl groups is 1. The number of benzene rings is 1. The van der Waals surface area contributed by atoms with E-state index in [1.807, 2.05) is 30.0 Å². The van der Waals surface area contributed by atoms with E-state index in [1.165, 1.54) is 0 Å². The molecule has 4 nitrogen and oxygen atoms in total. The van der Waals surface area contributed by atoms with Crippen LogP contribution >= 0.6 is 0 Å². The highest BCUT2D eigenvalue weighted by molar-refractivity contribution is 6.00. The number of amides is 1. The smallest absolute Gasteiger partial charge is 0.268 e. The molecule has 1 N–H and O–H groups in total. The van der Waals surface area contributed by atoms with Gasteiger partial charge in [-0.1, -0.05) is 32.8 Å². The Morgan fingerprint density at radius 3 is 2.75 bits per heavy atom. The zero-order valence-electron chi connectivity index (χ0n) is 12.3. The van der Waals surface area contributed by atoms with Gasteiger partial charge < -0.3 is 14.7 Å². The van der Waals surface area contributed by atoms with Crippen LogP contribution in [0.2, 0.25) is 0 Å². The Balaban J connectivity index is 2.27. The lowest BCUT2D eigenvalue weighted by Gasteiger charge is -2.34. The van der Waals surface area contributed by atoms with Gasteiger partial charge in [-0.15, -0.1) is 0 Å². The number of ether oxygens (including phenoxy) is 1. The normalized spacial score (nSPS) is 17.9. The second kappa shape index (κ2) is 6.75. The van der Waals surface area contributed by atoms with Crippen molar-refractivity contribution in [2.24, 2.45) is 0 Å². The number of carbonyl (C=O) groups is 1. The van der Waals surface area contributed by atoms with E-state index < -0.39 is 6.10 Å². The number of hydrogen-bond acceptors (Lipinski definition) is 3. The van der Waals surface area contributed by atoms with Gasteiger partial charge in [0.25, 0.3) is 5.91 Å². The third kappa shape index (κ3) is 2.96. The molecule has 1 heterocycles. The first-order valence-corrected chi connectivity index (χ1v) is 7.43. The van der Waals surface area contributed by atoms with Crippen LogP contribution < -0.4 is 9.64 Å². The van der Waals surface area contributed by atoms with E-state index in [4.69, 9.17) is 4.74 Å². The molecule has 110 valence electrons. The minimum absolute atomic E-state index is 0.0167. The first kappa shape index (κ1) is 14.9. The number of anilines is 1. The van der Waals surface area contributed by atoms with Crippen molar-refractivity contribution in [1.29, 1.82) is 0 Å². The molecule has 1 unspecified atom stereocenters. The van der Waals surface area contributed by atoms with E-state index in [9.17, 15) is 9.90 Å². The second-order valence-corrected chi connectivity index (χ2v) is 5.17. The summed E-state index contributed by atoms with van der Waals surface area (Å²) in [5, 5.41) is 9.22. The fourth-order valence-corrected chi connectivity index (χ4v) is 2.48. The SMILES string of the molecule is CCCCCN1C(=O)C(CC)Oc2cc(CO)ccc21. The topological polar surface area (TPSA) is 49.8 Å². The molecule has 0 aliphatic carbocycles. The van der Waals surface area contributed by atoms with Crippen LogP contribution in [0.15, 0.2) is 18.2 Å². The van der Waals surface area contributed by atoms with Crippen LogP contribution in [0.1, 0.15) is 45.1 Å². The van der Waals surface area contributed by atoms with Gasteiger partial charge in [0.2, 0.25) is 0 Å². The van der Waals surface area contributed by atoms with Crippen LogP contribution in [-0.2, 0) is 11.4 Å². The number of hydrogen-bond donors (Lipinski definition) is 1. The molecule has 1 aliphatic rings. The summed E-state index contributed by atoms with van der Waals surface area (Å²) in [5.74, 6) is 0.757. The quantitative estimate of drug-likeness (QED) is 0.813. The van der Waals surface area contributed by atoms with Gasteiger partial charge in [0.05, 0.1) is 12.3 Å². The zero-order chi connectivity index (χ0) is 14.5. The van der Waals surface area contributed by atoms with Crippen molar-refractivity contribution in [3.8, 4) is 5.75 Å². The standard InChI is InChI=1S/C16H23NO3/c1-3-5-6-9-17-13-8-7-12(11-18)10-15(13)20-14(4-2)16(17)19/h7-8,10,14,18H,3-6,9,11H2,1-2H3. The highest BCUT2D eigenvalue weighted by Crippen LogP contribution is 2.35. The fraction of sp³-hybridized carbons (Fsp3) is 0.562. The van der Waals surface area contributed by atoms with Crippen molar-refractivity contribution in [3.63, 3.8) is 0 Å². The number of aliphatic hydroxyl groups excluding tert-OH is 1. The zero-order valence-corrected chi connectivity index (χ0v) is 12.3. The van der Waals surface area contributed by atoms with Crippen LogP contribution in [0.4, 0.5) is 5.69 Å². The molecule has 0 aromatic heterocycles. The summed E-state index contributed by atoms with van der Waals surface area (Å²) in [7, 11) is 0. The summed E-state index contributed by atoms with van der Waals surface area (Å²) < 4.78 is 5.77. The van der Waals surface area contributed by atoms with E-state index in [0.717, 1.165) is 37.1 Å². The molecule has 20 heavy (non-hydrogen) atoms. The maximum absolute atomic E-state index is 12.4. The van der Waals surface area contributed by atoms with E-state index in [2.05, 4.69) is 6.92 Å². The molecule has 1 aromatic rings. The van der Waals surface area contributed by atoms with Gasteiger partial charge in [-0.2, -0.15) is 0 Å². The van der Waals surface area contributed by atoms with Crippen LogP contribution in [-0.4, -0.2) is 23.7 Å². The molecule has 4 heteroatoms. The van der Waals surface area contributed by atoms with Crippen molar-refractivity contribution in [2.75, 3.05) is 11.4 Å². The van der Waals surface area contributed by atoms with Gasteiger partial charge in [0.15, 0.2) is 6.10 Å². The Kier molecular flexibility index (Phi) is 5.01. The molecular formula is C16H23NO3. The Morgan fingerprint density at radius 2 is 2.10 bits per heavy atom. The highest BCUT2D eigenvalue weighted by Gasteiger charge is 2.32. The Bertz CT molecular complexity index is 473. The summed E-state index contributed by atoms with van der Waals surface area (Å²) in [6, 6.07) is 5.54. The van der Waals surface area contributed by atoms with Gasteiger partial charge in [-0.25, -0.2) is 0 Å². The van der Waals surface area contributed by atoms with Gasteiger partial charge in [0.1, 0.15) is 5.75 Å². The van der Waals surface area contributed by atoms with Crippen LogP contribution in [0.5, 0.6) is 5.75 Å². The molecule has 0 radical (unpaired) electrons. The lowest BCUT2D eigenvalue weighted by atomic mass is 10.1. The molecule has 0 fully saturated rings. The third-order valence-corrected chi connectivity index (χ3v) is 3.66. The maximum atomic E-state index is 12.4. The van der Waals surface area contributed by atoms with Crippen LogP contribution in [0.3, 0.4) is 0 Å². The van der Waals surface area contributed by atoms with Crippen molar-refractivity contribution in [1.82, 2.24) is 0 Å². The molecule has 0 bridgehead atoms. The summed E-state index contributed by atoms with van der Waals surface area (Å²) in [4.78, 5) is 14.3. The minimum Gasteiger partial charge on any atom is -0.478 e. The van der Waals surface area contributed by atoms with E-state index in [-0.39, 0.29) is 12.5 Å². The average Bonchev–Trinajstić information content (AvgIpc) is 2.48. The first-order chi connectivity index (χ1) is 9.71. The van der Waals surface area contributed by atoms with Gasteiger partial charge in [0, 0.05) is 6.54 Å². The monoisotopic (exact) mass is 277 g/mol. The highest BCUT2D eigenvalue weighted by atomic mass is 16.5.